The fourth-order valence-corrected chi connectivity index (χ4v) is 5.75. The van der Waals surface area contributed by atoms with E-state index in [2.05, 4.69) is 0 Å². The quantitative estimate of drug-likeness (QED) is 0.164. The Labute approximate surface area is 336 Å². The SMILES string of the molecule is [2H]c1c([2H])c(-c2c([2H])c([2H])c3c([2H])c([2H])c([2H])c([2H])c3c2[2H])c([2H])c(-c2c3c([2H])c([2H])c([2H])c([2H])c3c(-c3c([2H])c([2H])c4c([2H])c([2H])c([2H])c([2H])c4c3[2H])c3c([2H])c(-c4c([2H])c([2H])c([2H])c5c([2H])c([2H])c([2H])c([2H])c45)c([2H])c([2H])c23)c1[2H]. The van der Waals surface area contributed by atoms with Gasteiger partial charge in [0.05, 0.1) is 43.9 Å². The Morgan fingerprint density at radius 2 is 0.700 bits per heavy atom. The van der Waals surface area contributed by atoms with Crippen LogP contribution in [-0.2, 0) is 0 Å². The molecule has 10 rings (SSSR count). The van der Waals surface area contributed by atoms with Crippen LogP contribution in [0.1, 0.15) is 43.9 Å². The first-order valence-electron chi connectivity index (χ1n) is 30.8. The molecule has 0 aliphatic carbocycles. The fraction of sp³-hybridized carbons (Fsp3) is 0. The Balaban J connectivity index is 1.58. The van der Waals surface area contributed by atoms with E-state index < -0.39 is 292 Å². The molecular weight excluding hydrogens is 601 g/mol. The molecule has 0 N–H and O–H groups in total. The lowest BCUT2D eigenvalue weighted by Gasteiger charge is -2.20. The molecular formula is C50H32. The summed E-state index contributed by atoms with van der Waals surface area (Å²) in [6.07, 6.45) is 0. The van der Waals surface area contributed by atoms with Crippen LogP contribution in [0.15, 0.2) is 193 Å². The van der Waals surface area contributed by atoms with Crippen LogP contribution in [0.5, 0.6) is 0 Å². The fourth-order valence-electron chi connectivity index (χ4n) is 5.75. The first-order chi connectivity index (χ1) is 38.1. The molecule has 50 heavy (non-hydrogen) atoms. The normalized spacial score (nSPS) is 20.6. The van der Waals surface area contributed by atoms with Gasteiger partial charge in [0, 0.05) is 0 Å². The van der Waals surface area contributed by atoms with Gasteiger partial charge in [-0.3, -0.25) is 0 Å². The molecule has 232 valence electrons. The summed E-state index contributed by atoms with van der Waals surface area (Å²) < 4.78 is 291. The average molecular weight is 665 g/mol. The third-order valence-electron chi connectivity index (χ3n) is 7.94. The molecule has 0 aliphatic rings. The lowest BCUT2D eigenvalue weighted by atomic mass is 9.83. The van der Waals surface area contributed by atoms with Crippen LogP contribution in [0, 0.1) is 0 Å². The third kappa shape index (κ3) is 4.69. The zero-order valence-electron chi connectivity index (χ0n) is 57.0. The first-order valence-corrected chi connectivity index (χ1v) is 14.8. The van der Waals surface area contributed by atoms with Crippen LogP contribution in [0.4, 0.5) is 0 Å². The molecule has 0 radical (unpaired) electrons. The van der Waals surface area contributed by atoms with E-state index in [4.69, 9.17) is 24.7 Å². The minimum atomic E-state index is -1.22. The molecule has 0 heteroatoms. The van der Waals surface area contributed by atoms with Crippen LogP contribution in [0.25, 0.3) is 98.4 Å². The van der Waals surface area contributed by atoms with E-state index >= 15 is 0 Å². The second-order valence-corrected chi connectivity index (χ2v) is 10.8. The summed E-state index contributed by atoms with van der Waals surface area (Å²) in [5, 5.41) is -7.82. The maximum absolute atomic E-state index is 10.3. The van der Waals surface area contributed by atoms with Crippen LogP contribution in [-0.4, -0.2) is 0 Å². The lowest BCUT2D eigenvalue weighted by Crippen LogP contribution is -1.92. The molecule has 0 atom stereocenters. The highest BCUT2D eigenvalue weighted by Crippen LogP contribution is 2.46. The third-order valence-corrected chi connectivity index (χ3v) is 7.94. The Morgan fingerprint density at radius 3 is 1.44 bits per heavy atom. The summed E-state index contributed by atoms with van der Waals surface area (Å²) in [7, 11) is 0. The standard InChI is InChI=1S/C50H32/c1-3-14-36-29-39(25-23-33(36)11-1)38-17-9-18-41(31-38)49-45-20-7-8-21-46(45)50(42-26-24-34-12-2-4-15-37(34)30-42)48-32-40(27-28-47(48)49)44-22-10-16-35-13-5-6-19-43(35)44/h1-32H/i1D,2D,3D,4D,5D,6D,7D,8D,9D,10D,11D,12D,13D,14D,15D,16D,17D,18D,19D,20D,21D,22D,23D,24D,25D,26D,27D,28D,29D,30D,31D,32D. The predicted molar refractivity (Wildman–Crippen MR) is 216 cm³/mol. The Morgan fingerprint density at radius 1 is 0.240 bits per heavy atom. The van der Waals surface area contributed by atoms with Gasteiger partial charge in [0.1, 0.15) is 0 Å². The number of benzene rings is 10. The first kappa shape index (κ1) is 11.0. The van der Waals surface area contributed by atoms with Gasteiger partial charge in [-0.15, -0.1) is 0 Å². The van der Waals surface area contributed by atoms with E-state index in [0.717, 1.165) is 0 Å². The van der Waals surface area contributed by atoms with Crippen LogP contribution in [0.2, 0.25) is 0 Å². The summed E-state index contributed by atoms with van der Waals surface area (Å²) in [5.41, 5.74) is -7.44. The maximum atomic E-state index is 10.3. The molecule has 0 saturated heterocycles. The monoisotopic (exact) mass is 664 g/mol. The van der Waals surface area contributed by atoms with Crippen molar-refractivity contribution < 1.29 is 43.9 Å². The van der Waals surface area contributed by atoms with Gasteiger partial charge >= 0.3 is 0 Å². The zero-order valence-corrected chi connectivity index (χ0v) is 25.0. The van der Waals surface area contributed by atoms with Crippen LogP contribution in [0.3, 0.4) is 0 Å². The lowest BCUT2D eigenvalue weighted by molar-refractivity contribution is 1.62. The van der Waals surface area contributed by atoms with Crippen LogP contribution >= 0.6 is 0 Å². The van der Waals surface area contributed by atoms with E-state index in [1.165, 1.54) is 0 Å². The van der Waals surface area contributed by atoms with Crippen molar-refractivity contribution in [3.05, 3.63) is 193 Å². The molecule has 0 unspecified atom stereocenters. The van der Waals surface area contributed by atoms with Gasteiger partial charge in [-0.1, -0.05) is 169 Å². The van der Waals surface area contributed by atoms with Gasteiger partial charge in [-0.05, 0) is 123 Å². The van der Waals surface area contributed by atoms with Gasteiger partial charge in [-0.25, -0.2) is 0 Å². The molecule has 0 aliphatic heterocycles. The van der Waals surface area contributed by atoms with E-state index in [9.17, 15) is 19.2 Å². The average Bonchev–Trinajstić information content (AvgIpc) is 2.23. The summed E-state index contributed by atoms with van der Waals surface area (Å²) in [5.74, 6) is 0. The molecule has 0 nitrogen and oxygen atoms in total. The Kier molecular flexibility index (Phi) is 2.55. The van der Waals surface area contributed by atoms with Crippen molar-refractivity contribution in [2.75, 3.05) is 0 Å². The number of hydrogen-bond acceptors (Lipinski definition) is 0. The molecule has 0 spiro atoms. The minimum absolute atomic E-state index is 0.618. The topological polar surface area (TPSA) is 0 Å². The van der Waals surface area contributed by atoms with Crippen molar-refractivity contribution in [2.45, 2.75) is 0 Å². The van der Waals surface area contributed by atoms with E-state index in [1.54, 1.807) is 0 Å². The van der Waals surface area contributed by atoms with Gasteiger partial charge < -0.3 is 0 Å². The van der Waals surface area contributed by atoms with E-state index in [1.807, 2.05) is 0 Å². The van der Waals surface area contributed by atoms with Gasteiger partial charge in [0.2, 0.25) is 0 Å². The molecule has 0 amide bonds. The van der Waals surface area contributed by atoms with Crippen molar-refractivity contribution in [2.24, 2.45) is 0 Å². The van der Waals surface area contributed by atoms with Crippen molar-refractivity contribution in [1.29, 1.82) is 0 Å². The van der Waals surface area contributed by atoms with E-state index in [0.29, 0.717) is 0 Å². The zero-order chi connectivity index (χ0) is 60.9. The van der Waals surface area contributed by atoms with Gasteiger partial charge in [0.15, 0.2) is 0 Å². The molecule has 0 bridgehead atoms. The molecule has 0 aromatic heterocycles. The highest BCUT2D eigenvalue weighted by molar-refractivity contribution is 6.22. The highest BCUT2D eigenvalue weighted by Gasteiger charge is 2.19. The molecule has 0 heterocycles. The largest absolute Gasteiger partial charge is 0.0636 e. The molecule has 0 saturated carbocycles. The van der Waals surface area contributed by atoms with Crippen molar-refractivity contribution in [3.8, 4) is 44.5 Å². The summed E-state index contributed by atoms with van der Waals surface area (Å²) in [6.45, 7) is 0. The van der Waals surface area contributed by atoms with Crippen LogP contribution < -0.4 is 0 Å². The second kappa shape index (κ2) is 11.6. The number of hydrogen-bond donors (Lipinski definition) is 0. The summed E-state index contributed by atoms with van der Waals surface area (Å²) in [6, 6.07) is -32.7. The second-order valence-electron chi connectivity index (χ2n) is 10.8. The van der Waals surface area contributed by atoms with Crippen molar-refractivity contribution in [3.63, 3.8) is 0 Å². The number of rotatable bonds is 4. The minimum Gasteiger partial charge on any atom is -0.0616 e. The molecule has 10 aromatic carbocycles. The Bertz CT molecular complexity index is 4750. The van der Waals surface area contributed by atoms with Crippen molar-refractivity contribution in [1.82, 2.24) is 0 Å². The van der Waals surface area contributed by atoms with E-state index in [-0.39, 0.29) is 0 Å². The summed E-state index contributed by atoms with van der Waals surface area (Å²) in [4.78, 5) is 0. The van der Waals surface area contributed by atoms with Gasteiger partial charge in [0.25, 0.3) is 0 Å². The van der Waals surface area contributed by atoms with Gasteiger partial charge in [-0.2, -0.15) is 0 Å². The highest BCUT2D eigenvalue weighted by atomic mass is 14.2. The predicted octanol–water partition coefficient (Wildman–Crippen LogP) is 14.1. The maximum Gasteiger partial charge on any atom is 0.0636 e. The smallest absolute Gasteiger partial charge is 0.0616 e. The summed E-state index contributed by atoms with van der Waals surface area (Å²) >= 11 is 0. The molecule has 0 fully saturated rings. The molecule has 10 aromatic rings. The number of fused-ring (bicyclic) bond motifs is 5. The Hall–Kier alpha value is -6.50. The van der Waals surface area contributed by atoms with Crippen molar-refractivity contribution >= 4 is 53.9 Å².